The van der Waals surface area contributed by atoms with Gasteiger partial charge in [-0.3, -0.25) is 4.79 Å². The number of nitrogens with zero attached hydrogens (tertiary/aromatic N) is 3. The lowest BCUT2D eigenvalue weighted by Crippen LogP contribution is -2.34. The molecule has 0 amide bonds. The number of fused-ring (bicyclic) bond motifs is 1. The van der Waals surface area contributed by atoms with Crippen LogP contribution in [-0.4, -0.2) is 45.7 Å². The van der Waals surface area contributed by atoms with Gasteiger partial charge in [-0.05, 0) is 39.3 Å². The van der Waals surface area contributed by atoms with E-state index < -0.39 is 5.97 Å². The van der Waals surface area contributed by atoms with Gasteiger partial charge in [0.05, 0.1) is 5.92 Å². The molecule has 0 aromatic carbocycles. The molecule has 1 fully saturated rings. The van der Waals surface area contributed by atoms with Crippen molar-refractivity contribution >= 4 is 5.97 Å². The minimum absolute atomic E-state index is 0.248. The summed E-state index contributed by atoms with van der Waals surface area (Å²) >= 11 is 0. The van der Waals surface area contributed by atoms with E-state index in [1.165, 1.54) is 18.5 Å². The lowest BCUT2D eigenvalue weighted by molar-refractivity contribution is -0.142. The fraction of sp³-hybridized carbons (Fsp3) is 0.714. The molecule has 1 aromatic heterocycles. The Bertz CT molecular complexity index is 483. The molecule has 5 nitrogen and oxygen atoms in total. The first kappa shape index (κ1) is 12.7. The van der Waals surface area contributed by atoms with Gasteiger partial charge < -0.3 is 14.6 Å². The predicted molar refractivity (Wildman–Crippen MR) is 71.1 cm³/mol. The third kappa shape index (κ3) is 2.39. The number of piperidine rings is 1. The molecule has 3 heterocycles. The quantitative estimate of drug-likeness (QED) is 0.874. The van der Waals surface area contributed by atoms with Gasteiger partial charge in [-0.25, -0.2) is 4.98 Å². The summed E-state index contributed by atoms with van der Waals surface area (Å²) in [6.07, 6.45) is 5.89. The molecule has 0 bridgehead atoms. The number of hydrogen-bond donors (Lipinski definition) is 1. The Labute approximate surface area is 113 Å². The number of carboxylic acids is 1. The number of carboxylic acid groups (broad SMARTS) is 1. The topological polar surface area (TPSA) is 58.4 Å². The molecule has 1 N–H and O–H groups in total. The van der Waals surface area contributed by atoms with Gasteiger partial charge >= 0.3 is 5.97 Å². The highest BCUT2D eigenvalue weighted by Gasteiger charge is 2.30. The molecule has 104 valence electrons. The van der Waals surface area contributed by atoms with Crippen molar-refractivity contribution in [2.75, 3.05) is 20.1 Å². The largest absolute Gasteiger partial charge is 0.481 e. The molecule has 3 rings (SSSR count). The minimum atomic E-state index is -0.675. The van der Waals surface area contributed by atoms with E-state index in [9.17, 15) is 9.90 Å². The Balaban J connectivity index is 1.84. The number of likely N-dealkylation sites (tertiary alicyclic amines) is 1. The highest BCUT2D eigenvalue weighted by Crippen LogP contribution is 2.30. The van der Waals surface area contributed by atoms with Crippen LogP contribution in [0.1, 0.15) is 36.7 Å². The standard InChI is InChI=1S/C14H21N3O2/c1-16-6-2-3-10(8-16)13-15-7-12-5-4-11(14(18)19)9-17(12)13/h7,10-11H,2-6,8-9H2,1H3,(H,18,19). The lowest BCUT2D eigenvalue weighted by atomic mass is 9.95. The summed E-state index contributed by atoms with van der Waals surface area (Å²) in [6, 6.07) is 0. The van der Waals surface area contributed by atoms with E-state index in [1.807, 2.05) is 6.20 Å². The highest BCUT2D eigenvalue weighted by atomic mass is 16.4. The van der Waals surface area contributed by atoms with E-state index in [0.29, 0.717) is 12.5 Å². The highest BCUT2D eigenvalue weighted by molar-refractivity contribution is 5.70. The summed E-state index contributed by atoms with van der Waals surface area (Å²) in [6.45, 7) is 2.79. The van der Waals surface area contributed by atoms with Gasteiger partial charge in [-0.15, -0.1) is 0 Å². The van der Waals surface area contributed by atoms with E-state index in [-0.39, 0.29) is 5.92 Å². The number of hydrogen-bond acceptors (Lipinski definition) is 3. The van der Waals surface area contributed by atoms with Crippen molar-refractivity contribution in [3.05, 3.63) is 17.7 Å². The van der Waals surface area contributed by atoms with E-state index in [2.05, 4.69) is 21.5 Å². The van der Waals surface area contributed by atoms with Crippen LogP contribution in [0.2, 0.25) is 0 Å². The summed E-state index contributed by atoms with van der Waals surface area (Å²) < 4.78 is 2.17. The van der Waals surface area contributed by atoms with Crippen LogP contribution in [0.25, 0.3) is 0 Å². The first-order valence-corrected chi connectivity index (χ1v) is 7.11. The maximum Gasteiger partial charge on any atom is 0.308 e. The monoisotopic (exact) mass is 263 g/mol. The van der Waals surface area contributed by atoms with Crippen LogP contribution in [0.5, 0.6) is 0 Å². The summed E-state index contributed by atoms with van der Waals surface area (Å²) in [5.74, 6) is 0.639. The van der Waals surface area contributed by atoms with Crippen LogP contribution in [0.3, 0.4) is 0 Å². The Morgan fingerprint density at radius 2 is 2.26 bits per heavy atom. The van der Waals surface area contributed by atoms with Gasteiger partial charge in [0.25, 0.3) is 0 Å². The zero-order chi connectivity index (χ0) is 13.4. The summed E-state index contributed by atoms with van der Waals surface area (Å²) in [5, 5.41) is 9.20. The second kappa shape index (κ2) is 4.96. The number of imidazole rings is 1. The van der Waals surface area contributed by atoms with E-state index >= 15 is 0 Å². The number of aromatic nitrogens is 2. The molecular weight excluding hydrogens is 242 g/mol. The molecule has 2 atom stereocenters. The number of aliphatic carboxylic acids is 1. The van der Waals surface area contributed by atoms with Gasteiger partial charge in [0, 0.05) is 30.9 Å². The molecule has 1 aromatic rings. The third-order valence-electron chi connectivity index (χ3n) is 4.46. The third-order valence-corrected chi connectivity index (χ3v) is 4.46. The average molecular weight is 263 g/mol. The molecule has 0 radical (unpaired) electrons. The summed E-state index contributed by atoms with van der Waals surface area (Å²) in [7, 11) is 2.15. The molecular formula is C14H21N3O2. The van der Waals surface area contributed by atoms with Crippen molar-refractivity contribution in [1.29, 1.82) is 0 Å². The van der Waals surface area contributed by atoms with Crippen molar-refractivity contribution in [1.82, 2.24) is 14.5 Å². The fourth-order valence-corrected chi connectivity index (χ4v) is 3.38. The van der Waals surface area contributed by atoms with Gasteiger partial charge in [-0.2, -0.15) is 0 Å². The van der Waals surface area contributed by atoms with Crippen LogP contribution < -0.4 is 0 Å². The summed E-state index contributed by atoms with van der Waals surface area (Å²) in [4.78, 5) is 18.1. The molecule has 5 heteroatoms. The Hall–Kier alpha value is -1.36. The Kier molecular flexibility index (Phi) is 3.31. The minimum Gasteiger partial charge on any atom is -0.481 e. The first-order chi connectivity index (χ1) is 9.15. The lowest BCUT2D eigenvalue weighted by Gasteiger charge is -2.31. The Morgan fingerprint density at radius 3 is 3.00 bits per heavy atom. The smallest absolute Gasteiger partial charge is 0.308 e. The Morgan fingerprint density at radius 1 is 1.42 bits per heavy atom. The van der Waals surface area contributed by atoms with Crippen LogP contribution >= 0.6 is 0 Å². The second-order valence-corrected chi connectivity index (χ2v) is 5.89. The van der Waals surface area contributed by atoms with Crippen molar-refractivity contribution < 1.29 is 9.90 Å². The molecule has 2 aliphatic heterocycles. The zero-order valence-corrected chi connectivity index (χ0v) is 11.4. The average Bonchev–Trinajstić information content (AvgIpc) is 2.81. The number of aryl methyl sites for hydroxylation is 1. The molecule has 0 aliphatic carbocycles. The van der Waals surface area contributed by atoms with E-state index in [1.54, 1.807) is 0 Å². The molecule has 2 aliphatic rings. The van der Waals surface area contributed by atoms with Crippen molar-refractivity contribution in [2.24, 2.45) is 5.92 Å². The maximum absolute atomic E-state index is 11.2. The molecule has 1 saturated heterocycles. The van der Waals surface area contributed by atoms with Crippen LogP contribution in [0.4, 0.5) is 0 Å². The zero-order valence-electron chi connectivity index (χ0n) is 11.4. The van der Waals surface area contributed by atoms with Gasteiger partial charge in [-0.1, -0.05) is 0 Å². The van der Waals surface area contributed by atoms with Crippen LogP contribution in [-0.2, 0) is 17.8 Å². The SMILES string of the molecule is CN1CCCC(c2ncc3n2CC(C(=O)O)CC3)C1. The van der Waals surface area contributed by atoms with Gasteiger partial charge in [0.1, 0.15) is 5.82 Å². The van der Waals surface area contributed by atoms with Crippen LogP contribution in [0, 0.1) is 5.92 Å². The molecule has 2 unspecified atom stereocenters. The normalized spacial score (nSPS) is 28.1. The molecule has 19 heavy (non-hydrogen) atoms. The number of likely N-dealkylation sites (N-methyl/N-ethyl adjacent to an activating group) is 1. The molecule has 0 spiro atoms. The van der Waals surface area contributed by atoms with Crippen molar-refractivity contribution in [2.45, 2.75) is 38.1 Å². The second-order valence-electron chi connectivity index (χ2n) is 5.89. The van der Waals surface area contributed by atoms with E-state index in [4.69, 9.17) is 0 Å². The number of carbonyl (C=O) groups is 1. The van der Waals surface area contributed by atoms with Crippen molar-refractivity contribution in [3.8, 4) is 0 Å². The molecule has 0 saturated carbocycles. The number of rotatable bonds is 2. The van der Waals surface area contributed by atoms with Crippen LogP contribution in [0.15, 0.2) is 6.20 Å². The summed E-state index contributed by atoms with van der Waals surface area (Å²) in [5.41, 5.74) is 1.21. The van der Waals surface area contributed by atoms with E-state index in [0.717, 1.165) is 31.8 Å². The van der Waals surface area contributed by atoms with Gasteiger partial charge in [0.15, 0.2) is 0 Å². The predicted octanol–water partition coefficient (Wildman–Crippen LogP) is 1.34. The maximum atomic E-state index is 11.2. The fourth-order valence-electron chi connectivity index (χ4n) is 3.38. The van der Waals surface area contributed by atoms with Crippen molar-refractivity contribution in [3.63, 3.8) is 0 Å². The first-order valence-electron chi connectivity index (χ1n) is 7.11. The van der Waals surface area contributed by atoms with Gasteiger partial charge in [0.2, 0.25) is 0 Å².